The molecule has 4 nitrogen and oxygen atoms in total. The van der Waals surface area contributed by atoms with Crippen molar-refractivity contribution in [1.29, 1.82) is 0 Å². The summed E-state index contributed by atoms with van der Waals surface area (Å²) in [5, 5.41) is 9.70. The highest BCUT2D eigenvalue weighted by Gasteiger charge is 2.11. The zero-order valence-electron chi connectivity index (χ0n) is 12.4. The maximum absolute atomic E-state index is 4.44. The van der Waals surface area contributed by atoms with Crippen LogP contribution in [-0.2, 0) is 0 Å². The van der Waals surface area contributed by atoms with E-state index in [1.807, 2.05) is 12.1 Å². The van der Waals surface area contributed by atoms with Crippen LogP contribution in [0.2, 0.25) is 0 Å². The van der Waals surface area contributed by atoms with Crippen molar-refractivity contribution in [2.24, 2.45) is 0 Å². The molecular weight excluding hydrogens is 272 g/mol. The summed E-state index contributed by atoms with van der Waals surface area (Å²) in [4.78, 5) is 8.86. The highest BCUT2D eigenvalue weighted by molar-refractivity contribution is 6.05. The van der Waals surface area contributed by atoms with Crippen LogP contribution in [0, 0.1) is 13.8 Å². The fourth-order valence-corrected chi connectivity index (χ4v) is 2.62. The van der Waals surface area contributed by atoms with Gasteiger partial charge in [-0.2, -0.15) is 0 Å². The highest BCUT2D eigenvalue weighted by atomic mass is 15.1. The molecule has 0 bridgehead atoms. The van der Waals surface area contributed by atoms with Crippen LogP contribution in [0.25, 0.3) is 33.2 Å². The summed E-state index contributed by atoms with van der Waals surface area (Å²) in [5.74, 6) is 0. The van der Waals surface area contributed by atoms with Crippen LogP contribution in [0.15, 0.2) is 48.8 Å². The van der Waals surface area contributed by atoms with Gasteiger partial charge in [0.1, 0.15) is 23.1 Å². The Bertz CT molecular complexity index is 991. The summed E-state index contributed by atoms with van der Waals surface area (Å²) in [6.45, 7) is 4.13. The average Bonchev–Trinajstić information content (AvgIpc) is 2.55. The largest absolute Gasteiger partial charge is 0.234 e. The van der Waals surface area contributed by atoms with Gasteiger partial charge < -0.3 is 0 Å². The van der Waals surface area contributed by atoms with E-state index >= 15 is 0 Å². The normalized spacial score (nSPS) is 11.2. The molecule has 22 heavy (non-hydrogen) atoms. The number of hydrogen-bond acceptors (Lipinski definition) is 4. The molecule has 4 aromatic rings. The summed E-state index contributed by atoms with van der Waals surface area (Å²) >= 11 is 0. The second-order valence-corrected chi connectivity index (χ2v) is 5.51. The van der Waals surface area contributed by atoms with E-state index in [1.165, 1.54) is 11.1 Å². The van der Waals surface area contributed by atoms with Crippen LogP contribution in [0.4, 0.5) is 0 Å². The minimum Gasteiger partial charge on any atom is -0.234 e. The Labute approximate surface area is 127 Å². The van der Waals surface area contributed by atoms with E-state index < -0.39 is 0 Å². The number of nitrogens with zero attached hydrogens (tertiary/aromatic N) is 4. The van der Waals surface area contributed by atoms with E-state index in [-0.39, 0.29) is 0 Å². The smallest absolute Gasteiger partial charge is 0.138 e. The molecular formula is C18H14N4. The van der Waals surface area contributed by atoms with Crippen LogP contribution < -0.4 is 0 Å². The predicted molar refractivity (Wildman–Crippen MR) is 87.5 cm³/mol. The quantitative estimate of drug-likeness (QED) is 0.499. The van der Waals surface area contributed by atoms with Gasteiger partial charge in [-0.3, -0.25) is 0 Å². The average molecular weight is 286 g/mol. The number of aromatic nitrogens is 4. The van der Waals surface area contributed by atoms with E-state index in [9.17, 15) is 0 Å². The standard InChI is InChI=1S/C18H14N4/c1-11-3-6-13(7-4-11)16-18-17(20-10-19-16)14-9-12(2)5-8-15(14)21-22-18/h3-10H,1-2H3. The van der Waals surface area contributed by atoms with E-state index in [2.05, 4.69) is 64.3 Å². The van der Waals surface area contributed by atoms with E-state index in [4.69, 9.17) is 0 Å². The molecule has 0 amide bonds. The van der Waals surface area contributed by atoms with E-state index in [1.54, 1.807) is 6.33 Å². The first-order chi connectivity index (χ1) is 10.7. The Kier molecular flexibility index (Phi) is 2.82. The third-order valence-electron chi connectivity index (χ3n) is 3.81. The summed E-state index contributed by atoms with van der Waals surface area (Å²) in [6, 6.07) is 14.4. The van der Waals surface area contributed by atoms with Gasteiger partial charge in [0.05, 0.1) is 5.52 Å². The van der Waals surface area contributed by atoms with Crippen LogP contribution in [0.5, 0.6) is 0 Å². The molecule has 0 aliphatic rings. The SMILES string of the molecule is Cc1ccc(-c2ncnc3c2nnc2ccc(C)cc23)cc1. The van der Waals surface area contributed by atoms with Gasteiger partial charge in [-0.25, -0.2) is 9.97 Å². The third-order valence-corrected chi connectivity index (χ3v) is 3.81. The molecule has 0 radical (unpaired) electrons. The van der Waals surface area contributed by atoms with Crippen LogP contribution in [0.3, 0.4) is 0 Å². The van der Waals surface area contributed by atoms with Crippen molar-refractivity contribution < 1.29 is 0 Å². The van der Waals surface area contributed by atoms with Gasteiger partial charge in [0.15, 0.2) is 0 Å². The lowest BCUT2D eigenvalue weighted by molar-refractivity contribution is 1.10. The topological polar surface area (TPSA) is 51.6 Å². The Balaban J connectivity index is 2.07. The van der Waals surface area contributed by atoms with Crippen molar-refractivity contribution in [3.8, 4) is 11.3 Å². The van der Waals surface area contributed by atoms with E-state index in [0.29, 0.717) is 0 Å². The first-order valence-electron chi connectivity index (χ1n) is 7.17. The fraction of sp³-hybridized carbons (Fsp3) is 0.111. The summed E-state index contributed by atoms with van der Waals surface area (Å²) < 4.78 is 0. The summed E-state index contributed by atoms with van der Waals surface area (Å²) in [7, 11) is 0. The second-order valence-electron chi connectivity index (χ2n) is 5.51. The molecule has 0 aliphatic carbocycles. The van der Waals surface area contributed by atoms with Gasteiger partial charge in [-0.05, 0) is 26.0 Å². The van der Waals surface area contributed by atoms with Gasteiger partial charge in [-0.1, -0.05) is 41.5 Å². The van der Waals surface area contributed by atoms with Crippen molar-refractivity contribution in [2.75, 3.05) is 0 Å². The lowest BCUT2D eigenvalue weighted by atomic mass is 10.1. The van der Waals surface area contributed by atoms with Crippen molar-refractivity contribution in [1.82, 2.24) is 20.2 Å². The number of hydrogen-bond donors (Lipinski definition) is 0. The molecule has 0 N–H and O–H groups in total. The molecule has 0 aliphatic heterocycles. The van der Waals surface area contributed by atoms with Gasteiger partial charge in [0.25, 0.3) is 0 Å². The van der Waals surface area contributed by atoms with Crippen molar-refractivity contribution in [3.05, 3.63) is 59.9 Å². The summed E-state index contributed by atoms with van der Waals surface area (Å²) in [6.07, 6.45) is 1.60. The molecule has 4 heteroatoms. The molecule has 0 spiro atoms. The Hall–Kier alpha value is -2.88. The van der Waals surface area contributed by atoms with Crippen LogP contribution in [-0.4, -0.2) is 20.2 Å². The van der Waals surface area contributed by atoms with Crippen molar-refractivity contribution >= 4 is 21.9 Å². The maximum atomic E-state index is 4.44. The highest BCUT2D eigenvalue weighted by Crippen LogP contribution is 2.27. The summed E-state index contributed by atoms with van der Waals surface area (Å²) in [5.41, 5.74) is 6.68. The Morgan fingerprint density at radius 3 is 2.32 bits per heavy atom. The minimum absolute atomic E-state index is 0.740. The second kappa shape index (κ2) is 4.84. The predicted octanol–water partition coefficient (Wildman–Crippen LogP) is 3.86. The first kappa shape index (κ1) is 12.8. The van der Waals surface area contributed by atoms with Crippen molar-refractivity contribution in [2.45, 2.75) is 13.8 Å². The monoisotopic (exact) mass is 286 g/mol. The number of benzene rings is 2. The molecule has 2 aromatic heterocycles. The molecule has 0 unspecified atom stereocenters. The first-order valence-corrected chi connectivity index (χ1v) is 7.17. The molecule has 2 heterocycles. The molecule has 4 rings (SSSR count). The van der Waals surface area contributed by atoms with Crippen LogP contribution in [0.1, 0.15) is 11.1 Å². The lowest BCUT2D eigenvalue weighted by Crippen LogP contribution is -1.95. The lowest BCUT2D eigenvalue weighted by Gasteiger charge is -2.07. The van der Waals surface area contributed by atoms with Crippen molar-refractivity contribution in [3.63, 3.8) is 0 Å². The zero-order chi connectivity index (χ0) is 15.1. The molecule has 0 atom stereocenters. The minimum atomic E-state index is 0.740. The molecule has 106 valence electrons. The maximum Gasteiger partial charge on any atom is 0.138 e. The Morgan fingerprint density at radius 2 is 1.50 bits per heavy atom. The zero-order valence-corrected chi connectivity index (χ0v) is 12.4. The number of rotatable bonds is 1. The van der Waals surface area contributed by atoms with Gasteiger partial charge in [-0.15, -0.1) is 10.2 Å². The Morgan fingerprint density at radius 1 is 0.727 bits per heavy atom. The molecule has 0 saturated heterocycles. The van der Waals surface area contributed by atoms with Crippen LogP contribution >= 0.6 is 0 Å². The van der Waals surface area contributed by atoms with Gasteiger partial charge >= 0.3 is 0 Å². The fourth-order valence-electron chi connectivity index (χ4n) is 2.62. The molecule has 0 fully saturated rings. The third kappa shape index (κ3) is 2.00. The van der Waals surface area contributed by atoms with Gasteiger partial charge in [0, 0.05) is 10.9 Å². The number of aryl methyl sites for hydroxylation is 2. The molecule has 2 aromatic carbocycles. The molecule has 0 saturated carbocycles. The van der Waals surface area contributed by atoms with E-state index in [0.717, 1.165) is 33.2 Å². The number of fused-ring (bicyclic) bond motifs is 3. The van der Waals surface area contributed by atoms with Gasteiger partial charge in [0.2, 0.25) is 0 Å².